The number of hydrogen-bond acceptors (Lipinski definition) is 2. The minimum Gasteiger partial charge on any atom is -0.480 e. The minimum absolute atomic E-state index is 0.0631. The number of carbonyl (C=O) groups excluding carboxylic acids is 1. The topological polar surface area (TPSA) is 82.2 Å². The van der Waals surface area contributed by atoms with E-state index in [4.69, 9.17) is 0 Å². The molecule has 32 heavy (non-hydrogen) atoms. The Kier molecular flexibility index (Phi) is 6.35. The summed E-state index contributed by atoms with van der Waals surface area (Å²) >= 11 is 0. The molecule has 0 radical (unpaired) electrons. The first-order valence-electron chi connectivity index (χ1n) is 11.6. The number of rotatable bonds is 7. The predicted molar refractivity (Wildman–Crippen MR) is 127 cm³/mol. The number of nitrogens with one attached hydrogen (secondary N) is 2. The lowest BCUT2D eigenvalue weighted by atomic mass is 9.78. The van der Waals surface area contributed by atoms with Gasteiger partial charge in [-0.15, -0.1) is 0 Å². The zero-order chi connectivity index (χ0) is 22.7. The second-order valence-corrected chi connectivity index (χ2v) is 9.50. The number of carbonyl (C=O) groups is 2. The summed E-state index contributed by atoms with van der Waals surface area (Å²) in [5.74, 6) is -1.18. The molecule has 2 aromatic carbocycles. The number of aliphatic carboxylic acids is 1. The Labute approximate surface area is 189 Å². The molecule has 0 aliphatic heterocycles. The highest BCUT2D eigenvalue weighted by Gasteiger charge is 2.28. The summed E-state index contributed by atoms with van der Waals surface area (Å²) in [5, 5.41) is 13.6. The van der Waals surface area contributed by atoms with E-state index in [-0.39, 0.29) is 23.7 Å². The Morgan fingerprint density at radius 3 is 2.47 bits per heavy atom. The van der Waals surface area contributed by atoms with Gasteiger partial charge in [-0.1, -0.05) is 69.5 Å². The monoisotopic (exact) mass is 432 g/mol. The van der Waals surface area contributed by atoms with Crippen molar-refractivity contribution in [3.8, 4) is 0 Å². The first kappa shape index (κ1) is 22.1. The van der Waals surface area contributed by atoms with E-state index in [0.717, 1.165) is 54.1 Å². The molecule has 168 valence electrons. The Bertz CT molecular complexity index is 1090. The van der Waals surface area contributed by atoms with Crippen LogP contribution in [0.25, 0.3) is 10.9 Å². The van der Waals surface area contributed by atoms with Crippen molar-refractivity contribution >= 4 is 22.8 Å². The lowest BCUT2D eigenvalue weighted by Gasteiger charge is -2.26. The fourth-order valence-corrected chi connectivity index (χ4v) is 4.83. The van der Waals surface area contributed by atoms with Crippen molar-refractivity contribution in [3.63, 3.8) is 0 Å². The van der Waals surface area contributed by atoms with Gasteiger partial charge in [0.25, 0.3) is 0 Å². The normalized spacial score (nSPS) is 16.1. The number of aromatic nitrogens is 1. The molecular formula is C27H32N2O3. The van der Waals surface area contributed by atoms with Gasteiger partial charge in [0, 0.05) is 34.9 Å². The van der Waals surface area contributed by atoms with Gasteiger partial charge < -0.3 is 15.4 Å². The number of carboxylic acid groups (broad SMARTS) is 1. The zero-order valence-electron chi connectivity index (χ0n) is 18.9. The number of hydrogen-bond donors (Lipinski definition) is 3. The number of H-pyrrole nitrogens is 1. The van der Waals surface area contributed by atoms with Crippen LogP contribution < -0.4 is 5.32 Å². The number of aromatic amines is 1. The fraction of sp³-hybridized carbons (Fsp3) is 0.407. The van der Waals surface area contributed by atoms with Crippen LogP contribution >= 0.6 is 0 Å². The highest BCUT2D eigenvalue weighted by atomic mass is 16.4. The van der Waals surface area contributed by atoms with Gasteiger partial charge in [-0.05, 0) is 41.7 Å². The molecule has 1 atom stereocenters. The van der Waals surface area contributed by atoms with Crippen molar-refractivity contribution in [3.05, 3.63) is 71.4 Å². The van der Waals surface area contributed by atoms with Gasteiger partial charge in [0.15, 0.2) is 0 Å². The highest BCUT2D eigenvalue weighted by molar-refractivity contribution is 5.88. The summed E-state index contributed by atoms with van der Waals surface area (Å²) in [4.78, 5) is 27.9. The van der Waals surface area contributed by atoms with Crippen LogP contribution in [-0.2, 0) is 21.4 Å². The van der Waals surface area contributed by atoms with E-state index >= 15 is 0 Å². The van der Waals surface area contributed by atoms with E-state index in [1.54, 1.807) is 0 Å². The summed E-state index contributed by atoms with van der Waals surface area (Å²) in [6, 6.07) is 15.7. The van der Waals surface area contributed by atoms with E-state index in [0.29, 0.717) is 0 Å². The van der Waals surface area contributed by atoms with Crippen molar-refractivity contribution in [2.75, 3.05) is 0 Å². The molecule has 1 aromatic heterocycles. The van der Waals surface area contributed by atoms with Gasteiger partial charge >= 0.3 is 5.97 Å². The Hall–Kier alpha value is -3.08. The third-order valence-electron chi connectivity index (χ3n) is 7.00. The molecule has 5 heteroatoms. The van der Waals surface area contributed by atoms with Gasteiger partial charge in [-0.2, -0.15) is 0 Å². The third-order valence-corrected chi connectivity index (χ3v) is 7.00. The largest absolute Gasteiger partial charge is 0.480 e. The highest BCUT2D eigenvalue weighted by Crippen LogP contribution is 2.34. The summed E-state index contributed by atoms with van der Waals surface area (Å²) in [7, 11) is 0. The van der Waals surface area contributed by atoms with Crippen LogP contribution in [-0.4, -0.2) is 28.0 Å². The van der Waals surface area contributed by atoms with Crippen LogP contribution in [0, 0.1) is 5.92 Å². The molecule has 1 aliphatic carbocycles. The van der Waals surface area contributed by atoms with E-state index in [2.05, 4.69) is 54.5 Å². The summed E-state index contributed by atoms with van der Waals surface area (Å²) in [6.45, 7) is 4.39. The Balaban J connectivity index is 1.58. The number of benzene rings is 2. The standard InChI is InChI=1S/C27H32N2O3/c1-27(2,20-11-7-4-8-12-20)21-13-14-23-22(16-21)19(17-28-23)15-24(26(31)32)29-25(30)18-9-5-3-6-10-18/h4,7-8,11-14,16-18,24,28H,3,5-6,9-10,15H2,1-2H3,(H,29,30)(H,31,32). The zero-order valence-corrected chi connectivity index (χ0v) is 18.9. The van der Waals surface area contributed by atoms with Crippen LogP contribution in [0.1, 0.15) is 62.6 Å². The van der Waals surface area contributed by atoms with Crippen LogP contribution in [0.15, 0.2) is 54.7 Å². The number of amides is 1. The first-order chi connectivity index (χ1) is 15.4. The SMILES string of the molecule is CC(C)(c1ccccc1)c1ccc2[nH]cc(CC(NC(=O)C3CCCCC3)C(=O)O)c2c1. The molecule has 1 fully saturated rings. The van der Waals surface area contributed by atoms with Crippen LogP contribution in [0.4, 0.5) is 0 Å². The smallest absolute Gasteiger partial charge is 0.326 e. The van der Waals surface area contributed by atoms with Crippen molar-refractivity contribution < 1.29 is 14.7 Å². The molecule has 5 nitrogen and oxygen atoms in total. The lowest BCUT2D eigenvalue weighted by molar-refractivity contribution is -0.142. The van der Waals surface area contributed by atoms with Crippen LogP contribution in [0.5, 0.6) is 0 Å². The second-order valence-electron chi connectivity index (χ2n) is 9.50. The molecular weight excluding hydrogens is 400 g/mol. The molecule has 1 unspecified atom stereocenters. The van der Waals surface area contributed by atoms with Gasteiger partial charge in [-0.25, -0.2) is 4.79 Å². The molecule has 0 bridgehead atoms. The van der Waals surface area contributed by atoms with Crippen LogP contribution in [0.2, 0.25) is 0 Å². The summed E-state index contributed by atoms with van der Waals surface area (Å²) in [6.07, 6.45) is 7.06. The van der Waals surface area contributed by atoms with Crippen molar-refractivity contribution in [2.24, 2.45) is 5.92 Å². The first-order valence-corrected chi connectivity index (χ1v) is 11.6. The fourth-order valence-electron chi connectivity index (χ4n) is 4.83. The van der Waals surface area contributed by atoms with Gasteiger partial charge in [-0.3, -0.25) is 4.79 Å². The predicted octanol–water partition coefficient (Wildman–Crippen LogP) is 5.19. The van der Waals surface area contributed by atoms with Gasteiger partial charge in [0.2, 0.25) is 5.91 Å². The number of carboxylic acids is 1. The lowest BCUT2D eigenvalue weighted by Crippen LogP contribution is -2.45. The molecule has 3 aromatic rings. The summed E-state index contributed by atoms with van der Waals surface area (Å²) < 4.78 is 0. The molecule has 1 aliphatic rings. The Morgan fingerprint density at radius 1 is 1.06 bits per heavy atom. The minimum atomic E-state index is -0.996. The average Bonchev–Trinajstić information content (AvgIpc) is 3.21. The molecule has 0 spiro atoms. The summed E-state index contributed by atoms with van der Waals surface area (Å²) in [5.41, 5.74) is 4.07. The van der Waals surface area contributed by atoms with Gasteiger partial charge in [0.1, 0.15) is 6.04 Å². The molecule has 0 saturated heterocycles. The van der Waals surface area contributed by atoms with Gasteiger partial charge in [0.05, 0.1) is 0 Å². The van der Waals surface area contributed by atoms with Crippen molar-refractivity contribution in [1.82, 2.24) is 10.3 Å². The van der Waals surface area contributed by atoms with Crippen molar-refractivity contribution in [1.29, 1.82) is 0 Å². The molecule has 3 N–H and O–H groups in total. The van der Waals surface area contributed by atoms with E-state index in [1.165, 1.54) is 5.56 Å². The number of fused-ring (bicyclic) bond motifs is 1. The average molecular weight is 433 g/mol. The van der Waals surface area contributed by atoms with E-state index in [1.807, 2.05) is 24.4 Å². The van der Waals surface area contributed by atoms with E-state index in [9.17, 15) is 14.7 Å². The van der Waals surface area contributed by atoms with Crippen molar-refractivity contribution in [2.45, 2.75) is 63.8 Å². The quantitative estimate of drug-likeness (QED) is 0.481. The molecule has 1 saturated carbocycles. The maximum atomic E-state index is 12.7. The molecule has 1 amide bonds. The molecule has 1 heterocycles. The maximum Gasteiger partial charge on any atom is 0.326 e. The van der Waals surface area contributed by atoms with E-state index < -0.39 is 12.0 Å². The molecule has 4 rings (SSSR count). The Morgan fingerprint density at radius 2 is 1.78 bits per heavy atom. The van der Waals surface area contributed by atoms with Crippen LogP contribution in [0.3, 0.4) is 0 Å². The second kappa shape index (κ2) is 9.19. The maximum absolute atomic E-state index is 12.7. The third kappa shape index (κ3) is 4.57.